The van der Waals surface area contributed by atoms with Crippen molar-refractivity contribution in [3.05, 3.63) is 12.2 Å². The fourth-order valence-corrected chi connectivity index (χ4v) is 11.2. The van der Waals surface area contributed by atoms with Crippen molar-refractivity contribution < 1.29 is 24.5 Å². The van der Waals surface area contributed by atoms with Gasteiger partial charge in [0.1, 0.15) is 0 Å². The van der Waals surface area contributed by atoms with Gasteiger partial charge in [0, 0.05) is 12.8 Å². The van der Waals surface area contributed by atoms with Crippen LogP contribution in [-0.4, -0.2) is 47.4 Å². The summed E-state index contributed by atoms with van der Waals surface area (Å²) in [5.41, 5.74) is 0. The van der Waals surface area contributed by atoms with Crippen molar-refractivity contribution >= 4 is 11.9 Å². The van der Waals surface area contributed by atoms with Crippen LogP contribution >= 0.6 is 0 Å². The van der Waals surface area contributed by atoms with Crippen LogP contribution in [0.3, 0.4) is 0 Å². The Morgan fingerprint density at radius 3 is 0.895 bits per heavy atom. The summed E-state index contributed by atoms with van der Waals surface area (Å²) in [7, 11) is 0. The Morgan fingerprint density at radius 2 is 0.605 bits per heavy atom. The fraction of sp³-hybridized carbons (Fsp3) is 0.943. The van der Waals surface area contributed by atoms with Gasteiger partial charge in [-0.25, -0.2) is 0 Å². The van der Waals surface area contributed by atoms with Gasteiger partial charge in [-0.2, -0.15) is 0 Å². The number of esters is 1. The van der Waals surface area contributed by atoms with Crippen molar-refractivity contribution in [3.8, 4) is 0 Å². The van der Waals surface area contributed by atoms with E-state index in [0.29, 0.717) is 19.4 Å². The molecule has 0 saturated heterocycles. The summed E-state index contributed by atoms with van der Waals surface area (Å²) < 4.78 is 5.50. The van der Waals surface area contributed by atoms with Crippen LogP contribution in [0.4, 0.5) is 0 Å². The lowest BCUT2D eigenvalue weighted by Crippen LogP contribution is -2.45. The molecule has 0 rings (SSSR count). The van der Waals surface area contributed by atoms with Crippen LogP contribution in [0.15, 0.2) is 12.2 Å². The lowest BCUT2D eigenvalue weighted by Gasteiger charge is -2.20. The summed E-state index contributed by atoms with van der Waals surface area (Å²) in [6.45, 7) is 4.94. The molecule has 0 aromatic rings. The maximum Gasteiger partial charge on any atom is 0.305 e. The molecule has 1 amide bonds. The molecule has 76 heavy (non-hydrogen) atoms. The molecule has 0 aliphatic carbocycles. The lowest BCUT2D eigenvalue weighted by molar-refractivity contribution is -0.143. The summed E-state index contributed by atoms with van der Waals surface area (Å²) in [6.07, 6.45) is 81.5. The number of aliphatic hydroxyl groups excluding tert-OH is 2. The molecule has 452 valence electrons. The van der Waals surface area contributed by atoms with E-state index in [1.807, 2.05) is 6.08 Å². The summed E-state index contributed by atoms with van der Waals surface area (Å²) in [4.78, 5) is 24.5. The van der Waals surface area contributed by atoms with Gasteiger partial charge in [-0.1, -0.05) is 366 Å². The molecule has 6 nitrogen and oxygen atoms in total. The molecule has 0 heterocycles. The molecule has 0 aliphatic rings. The zero-order valence-corrected chi connectivity index (χ0v) is 51.8. The Labute approximate surface area is 476 Å². The SMILES string of the molecule is CCCCCCCCCCCCCC/C=C/C(O)C(CO)NC(=O)CCCCCCCCCCCCCCCCCCCCCCCCCCCCCCCCCOC(=O)CCCCCCCCCCCCCCCC. The average Bonchev–Trinajstić information content (AvgIpc) is 3.42. The summed E-state index contributed by atoms with van der Waals surface area (Å²) >= 11 is 0. The van der Waals surface area contributed by atoms with E-state index < -0.39 is 12.1 Å². The van der Waals surface area contributed by atoms with Crippen molar-refractivity contribution in [2.24, 2.45) is 0 Å². The number of allylic oxidation sites excluding steroid dienone is 1. The van der Waals surface area contributed by atoms with Crippen LogP contribution in [0.2, 0.25) is 0 Å². The van der Waals surface area contributed by atoms with Gasteiger partial charge >= 0.3 is 5.97 Å². The van der Waals surface area contributed by atoms with Crippen LogP contribution in [0.25, 0.3) is 0 Å². The molecule has 3 N–H and O–H groups in total. The van der Waals surface area contributed by atoms with Gasteiger partial charge in [0.2, 0.25) is 5.91 Å². The smallest absolute Gasteiger partial charge is 0.305 e. The standard InChI is InChI=1S/C70H137NO5/c1-3-5-7-9-11-13-15-17-38-42-46-50-54-58-62-68(73)67(66-72)71-69(74)63-59-55-51-47-43-39-36-34-32-30-28-26-24-22-20-19-21-23-25-27-29-31-33-35-37-41-45-49-53-57-61-65-76-70(75)64-60-56-52-48-44-40-18-16-14-12-10-8-6-4-2/h58,62,67-68,72-73H,3-57,59-61,63-66H2,1-2H3,(H,71,74)/b62-58+. The number of ether oxygens (including phenoxy) is 1. The third-order valence-electron chi connectivity index (χ3n) is 16.6. The van der Waals surface area contributed by atoms with Gasteiger partial charge in [-0.15, -0.1) is 0 Å². The van der Waals surface area contributed by atoms with E-state index >= 15 is 0 Å². The van der Waals surface area contributed by atoms with Gasteiger partial charge < -0.3 is 20.3 Å². The first-order chi connectivity index (χ1) is 37.5. The molecule has 0 aliphatic heterocycles. The maximum atomic E-state index is 12.5. The molecule has 0 saturated carbocycles. The van der Waals surface area contributed by atoms with Gasteiger partial charge in [-0.05, 0) is 32.1 Å². The number of aliphatic hydroxyl groups is 2. The molecular weight excluding hydrogens is 935 g/mol. The van der Waals surface area contributed by atoms with Crippen LogP contribution in [-0.2, 0) is 14.3 Å². The van der Waals surface area contributed by atoms with E-state index in [0.717, 1.165) is 38.5 Å². The lowest BCUT2D eigenvalue weighted by atomic mass is 10.0. The second kappa shape index (κ2) is 66.1. The van der Waals surface area contributed by atoms with Crippen molar-refractivity contribution in [1.29, 1.82) is 0 Å². The Morgan fingerprint density at radius 1 is 0.355 bits per heavy atom. The highest BCUT2D eigenvalue weighted by Crippen LogP contribution is 2.19. The second-order valence-corrected chi connectivity index (χ2v) is 24.2. The van der Waals surface area contributed by atoms with Crippen LogP contribution in [0.5, 0.6) is 0 Å². The van der Waals surface area contributed by atoms with Gasteiger partial charge in [0.25, 0.3) is 0 Å². The molecule has 0 aromatic carbocycles. The van der Waals surface area contributed by atoms with E-state index in [2.05, 4.69) is 19.2 Å². The predicted molar refractivity (Wildman–Crippen MR) is 333 cm³/mol. The topological polar surface area (TPSA) is 95.9 Å². The molecule has 0 bridgehead atoms. The van der Waals surface area contributed by atoms with E-state index in [1.165, 1.54) is 334 Å². The number of carbonyl (C=O) groups excluding carboxylic acids is 2. The summed E-state index contributed by atoms with van der Waals surface area (Å²) in [5.74, 6) is -0.0378. The zero-order chi connectivity index (χ0) is 55.0. The minimum atomic E-state index is -0.840. The van der Waals surface area contributed by atoms with Crippen LogP contribution in [0, 0.1) is 0 Å². The van der Waals surface area contributed by atoms with E-state index in [1.54, 1.807) is 6.08 Å². The number of hydrogen-bond acceptors (Lipinski definition) is 5. The number of unbranched alkanes of at least 4 members (excludes halogenated alkanes) is 55. The predicted octanol–water partition coefficient (Wildman–Crippen LogP) is 22.4. The van der Waals surface area contributed by atoms with Gasteiger partial charge in [0.05, 0.1) is 25.4 Å². The number of carbonyl (C=O) groups is 2. The van der Waals surface area contributed by atoms with E-state index in [9.17, 15) is 19.8 Å². The first-order valence-corrected chi connectivity index (χ1v) is 35.0. The first kappa shape index (κ1) is 74.6. The molecule has 2 unspecified atom stereocenters. The average molecular weight is 1070 g/mol. The molecular formula is C70H137NO5. The minimum absolute atomic E-state index is 0.0234. The number of amides is 1. The summed E-state index contributed by atoms with van der Waals surface area (Å²) in [6, 6.07) is -0.623. The highest BCUT2D eigenvalue weighted by Gasteiger charge is 2.18. The first-order valence-electron chi connectivity index (χ1n) is 35.0. The minimum Gasteiger partial charge on any atom is -0.466 e. The molecule has 6 heteroatoms. The highest BCUT2D eigenvalue weighted by atomic mass is 16.5. The molecule has 2 atom stereocenters. The molecule has 0 fully saturated rings. The summed E-state index contributed by atoms with van der Waals surface area (Å²) in [5, 5.41) is 23.1. The largest absolute Gasteiger partial charge is 0.466 e. The Balaban J connectivity index is 3.32. The highest BCUT2D eigenvalue weighted by molar-refractivity contribution is 5.76. The normalized spacial score (nSPS) is 12.5. The monoisotopic (exact) mass is 1070 g/mol. The fourth-order valence-electron chi connectivity index (χ4n) is 11.2. The van der Waals surface area contributed by atoms with Crippen LogP contribution in [0.1, 0.15) is 399 Å². The third kappa shape index (κ3) is 61.8. The van der Waals surface area contributed by atoms with Crippen molar-refractivity contribution in [2.45, 2.75) is 411 Å². The van der Waals surface area contributed by atoms with Crippen LogP contribution < -0.4 is 5.32 Å². The Bertz CT molecular complexity index is 1140. The van der Waals surface area contributed by atoms with Crippen molar-refractivity contribution in [3.63, 3.8) is 0 Å². The maximum absolute atomic E-state index is 12.5. The second-order valence-electron chi connectivity index (χ2n) is 24.2. The van der Waals surface area contributed by atoms with Gasteiger partial charge in [0.15, 0.2) is 0 Å². The number of hydrogen-bond donors (Lipinski definition) is 3. The molecule has 0 radical (unpaired) electrons. The Kier molecular flexibility index (Phi) is 64.9. The van der Waals surface area contributed by atoms with Crippen molar-refractivity contribution in [2.75, 3.05) is 13.2 Å². The molecule has 0 aromatic heterocycles. The molecule has 0 spiro atoms. The quantitative estimate of drug-likeness (QED) is 0.0320. The van der Waals surface area contributed by atoms with Crippen molar-refractivity contribution in [1.82, 2.24) is 5.32 Å². The Hall–Kier alpha value is -1.40. The van der Waals surface area contributed by atoms with Gasteiger partial charge in [-0.3, -0.25) is 9.59 Å². The van der Waals surface area contributed by atoms with E-state index in [-0.39, 0.29) is 18.5 Å². The van der Waals surface area contributed by atoms with E-state index in [4.69, 9.17) is 4.74 Å². The zero-order valence-electron chi connectivity index (χ0n) is 51.8. The number of nitrogens with one attached hydrogen (secondary N) is 1. The number of rotatable bonds is 66. The third-order valence-corrected chi connectivity index (χ3v) is 16.6.